The fourth-order valence-electron chi connectivity index (χ4n) is 2.63. The highest BCUT2D eigenvalue weighted by Gasteiger charge is 2.20. The van der Waals surface area contributed by atoms with E-state index < -0.39 is 11.8 Å². The van der Waals surface area contributed by atoms with Crippen LogP contribution in [0, 0.1) is 0 Å². The summed E-state index contributed by atoms with van der Waals surface area (Å²) in [5, 5.41) is 14.2. The Morgan fingerprint density at radius 1 is 1.12 bits per heavy atom. The van der Waals surface area contributed by atoms with Crippen molar-refractivity contribution in [2.45, 2.75) is 58.3 Å². The van der Waals surface area contributed by atoms with E-state index in [9.17, 15) is 9.59 Å². The Morgan fingerprint density at radius 3 is 2.54 bits per heavy atom. The number of guanidine groups is 1. The smallest absolute Gasteiger partial charge is 0.315 e. The minimum absolute atomic E-state index is 0.0145. The van der Waals surface area contributed by atoms with Crippen LogP contribution in [0.5, 0.6) is 0 Å². The number of hydrogen-bond acceptors (Lipinski definition) is 5. The Hall–Kier alpha value is -1.63. The van der Waals surface area contributed by atoms with E-state index in [2.05, 4.69) is 22.5 Å². The van der Waals surface area contributed by atoms with E-state index in [0.29, 0.717) is 25.6 Å². The Kier molecular flexibility index (Phi) is 10.8. The summed E-state index contributed by atoms with van der Waals surface area (Å²) in [6.45, 7) is 4.45. The van der Waals surface area contributed by atoms with Crippen LogP contribution < -0.4 is 10.6 Å². The van der Waals surface area contributed by atoms with E-state index in [1.807, 2.05) is 0 Å². The molecule has 3 N–H and O–H groups in total. The van der Waals surface area contributed by atoms with Gasteiger partial charge in [-0.15, -0.1) is 0 Å². The van der Waals surface area contributed by atoms with Gasteiger partial charge in [-0.25, -0.2) is 0 Å². The van der Waals surface area contributed by atoms with Crippen LogP contribution >= 0.6 is 0 Å². The topological polar surface area (TPSA) is 94.0 Å². The van der Waals surface area contributed by atoms with Gasteiger partial charge in [0.1, 0.15) is 0 Å². The predicted molar refractivity (Wildman–Crippen MR) is 94.7 cm³/mol. The third-order valence-electron chi connectivity index (χ3n) is 4.01. The maximum Gasteiger partial charge on any atom is 0.315 e. The number of nitrogens with zero attached hydrogens (tertiary/aromatic N) is 2. The molecule has 138 valence electrons. The third-order valence-corrected chi connectivity index (χ3v) is 4.01. The lowest BCUT2D eigenvalue weighted by molar-refractivity contribution is -0.138. The van der Waals surface area contributed by atoms with Gasteiger partial charge < -0.3 is 15.3 Å². The molecule has 7 heteroatoms. The standard InChI is InChI=1S/C17H32N4O3/c1-2-3-4-5-6-7-8-10-18-15(23)16(24)20-17-19-11-9-12-21(17)13-14-22/h22H,2-14H2,1H3,(H,18,23)(H,19,20,24). The number of unbranched alkanes of at least 4 members (excludes halogenated alkanes) is 6. The first-order valence-electron chi connectivity index (χ1n) is 9.18. The van der Waals surface area contributed by atoms with Gasteiger partial charge >= 0.3 is 11.8 Å². The van der Waals surface area contributed by atoms with Crippen molar-refractivity contribution >= 4 is 17.8 Å². The van der Waals surface area contributed by atoms with Crippen LogP contribution in [-0.4, -0.2) is 60.6 Å². The van der Waals surface area contributed by atoms with Gasteiger partial charge in [-0.2, -0.15) is 0 Å². The van der Waals surface area contributed by atoms with Crippen LogP contribution in [0.3, 0.4) is 0 Å². The lowest BCUT2D eigenvalue weighted by Crippen LogP contribution is -2.51. The second kappa shape index (κ2) is 12.8. The molecule has 1 heterocycles. The average molecular weight is 340 g/mol. The summed E-state index contributed by atoms with van der Waals surface area (Å²) in [4.78, 5) is 29.7. The maximum atomic E-state index is 11.9. The third kappa shape index (κ3) is 8.29. The van der Waals surface area contributed by atoms with Gasteiger partial charge in [0.25, 0.3) is 0 Å². The van der Waals surface area contributed by atoms with Crippen molar-refractivity contribution in [3.05, 3.63) is 0 Å². The summed E-state index contributed by atoms with van der Waals surface area (Å²) >= 11 is 0. The maximum absolute atomic E-state index is 11.9. The van der Waals surface area contributed by atoms with Gasteiger partial charge in [-0.3, -0.25) is 19.9 Å². The molecule has 1 aliphatic heterocycles. The molecule has 0 saturated carbocycles. The van der Waals surface area contributed by atoms with E-state index >= 15 is 0 Å². The Balaban J connectivity index is 2.18. The molecule has 0 aliphatic carbocycles. The number of amides is 2. The SMILES string of the molecule is CCCCCCCCCNC(=O)C(=O)NC1=NCCCN1CCO. The fraction of sp³-hybridized carbons (Fsp3) is 0.824. The molecule has 0 aromatic rings. The molecule has 0 radical (unpaired) electrons. The van der Waals surface area contributed by atoms with Crippen molar-refractivity contribution < 1.29 is 14.7 Å². The molecule has 0 aromatic carbocycles. The van der Waals surface area contributed by atoms with Crippen molar-refractivity contribution in [1.29, 1.82) is 0 Å². The molecule has 1 aliphatic rings. The van der Waals surface area contributed by atoms with Crippen LogP contribution in [0.15, 0.2) is 4.99 Å². The largest absolute Gasteiger partial charge is 0.395 e. The van der Waals surface area contributed by atoms with E-state index in [-0.39, 0.29) is 6.61 Å². The quantitative estimate of drug-likeness (QED) is 0.409. The van der Waals surface area contributed by atoms with Gasteiger partial charge in [-0.1, -0.05) is 45.4 Å². The highest BCUT2D eigenvalue weighted by molar-refractivity contribution is 6.37. The van der Waals surface area contributed by atoms with Crippen LogP contribution in [0.4, 0.5) is 0 Å². The summed E-state index contributed by atoms with van der Waals surface area (Å²) in [7, 11) is 0. The van der Waals surface area contributed by atoms with E-state index in [1.54, 1.807) is 4.90 Å². The van der Waals surface area contributed by atoms with Gasteiger partial charge in [0, 0.05) is 26.2 Å². The fourth-order valence-corrected chi connectivity index (χ4v) is 2.63. The van der Waals surface area contributed by atoms with Crippen molar-refractivity contribution in [3.8, 4) is 0 Å². The zero-order valence-electron chi connectivity index (χ0n) is 14.9. The number of aliphatic hydroxyl groups excluding tert-OH is 1. The molecule has 0 fully saturated rings. The van der Waals surface area contributed by atoms with Gasteiger partial charge in [0.15, 0.2) is 0 Å². The summed E-state index contributed by atoms with van der Waals surface area (Å²) in [5.74, 6) is -0.939. The van der Waals surface area contributed by atoms with E-state index in [1.165, 1.54) is 32.1 Å². The number of carbonyl (C=O) groups excluding carboxylic acids is 2. The average Bonchev–Trinajstić information content (AvgIpc) is 2.59. The van der Waals surface area contributed by atoms with Crippen molar-refractivity contribution in [2.24, 2.45) is 4.99 Å². The summed E-state index contributed by atoms with van der Waals surface area (Å²) in [5.41, 5.74) is 0. The molecule has 0 bridgehead atoms. The first kappa shape index (κ1) is 20.4. The molecule has 7 nitrogen and oxygen atoms in total. The minimum atomic E-state index is -0.693. The molecular formula is C17H32N4O3. The van der Waals surface area contributed by atoms with E-state index in [0.717, 1.165) is 25.8 Å². The normalized spacial score (nSPS) is 14.2. The van der Waals surface area contributed by atoms with Gasteiger partial charge in [0.2, 0.25) is 5.96 Å². The zero-order chi connectivity index (χ0) is 17.6. The number of aliphatic imine (C=N–C) groups is 1. The number of hydrogen-bond donors (Lipinski definition) is 3. The molecule has 0 aromatic heterocycles. The van der Waals surface area contributed by atoms with Crippen LogP contribution in [-0.2, 0) is 9.59 Å². The van der Waals surface area contributed by atoms with Crippen molar-refractivity contribution in [1.82, 2.24) is 15.5 Å². The molecular weight excluding hydrogens is 308 g/mol. The molecule has 24 heavy (non-hydrogen) atoms. The lowest BCUT2D eigenvalue weighted by Gasteiger charge is -2.28. The summed E-state index contributed by atoms with van der Waals surface area (Å²) < 4.78 is 0. The summed E-state index contributed by atoms with van der Waals surface area (Å²) in [6.07, 6.45) is 9.06. The highest BCUT2D eigenvalue weighted by atomic mass is 16.3. The van der Waals surface area contributed by atoms with Crippen LogP contribution in [0.1, 0.15) is 58.3 Å². The second-order valence-electron chi connectivity index (χ2n) is 6.10. The van der Waals surface area contributed by atoms with Crippen molar-refractivity contribution in [2.75, 3.05) is 32.8 Å². The molecule has 1 rings (SSSR count). The number of rotatable bonds is 10. The molecule has 0 unspecified atom stereocenters. The zero-order valence-corrected chi connectivity index (χ0v) is 14.9. The van der Waals surface area contributed by atoms with E-state index in [4.69, 9.17) is 5.11 Å². The minimum Gasteiger partial charge on any atom is -0.395 e. The van der Waals surface area contributed by atoms with Crippen molar-refractivity contribution in [3.63, 3.8) is 0 Å². The Labute approximate surface area is 144 Å². The Morgan fingerprint density at radius 2 is 1.83 bits per heavy atom. The monoisotopic (exact) mass is 340 g/mol. The molecule has 2 amide bonds. The Bertz CT molecular complexity index is 413. The highest BCUT2D eigenvalue weighted by Crippen LogP contribution is 2.06. The number of aliphatic hydroxyl groups is 1. The van der Waals surface area contributed by atoms with Gasteiger partial charge in [0.05, 0.1) is 6.61 Å². The van der Waals surface area contributed by atoms with Crippen LogP contribution in [0.25, 0.3) is 0 Å². The first-order valence-corrected chi connectivity index (χ1v) is 9.18. The molecule has 0 spiro atoms. The summed E-state index contributed by atoms with van der Waals surface area (Å²) in [6, 6.07) is 0. The molecule has 0 saturated heterocycles. The second-order valence-corrected chi connectivity index (χ2v) is 6.10. The van der Waals surface area contributed by atoms with Gasteiger partial charge in [-0.05, 0) is 12.8 Å². The first-order chi connectivity index (χ1) is 11.7. The number of carbonyl (C=O) groups is 2. The lowest BCUT2D eigenvalue weighted by atomic mass is 10.1. The number of β-amino-alcohol motifs (C(OH)–C–C–N with tert-alkyl or cyclic N) is 1. The van der Waals surface area contributed by atoms with Crippen LogP contribution in [0.2, 0.25) is 0 Å². The molecule has 0 atom stereocenters. The number of nitrogens with one attached hydrogen (secondary N) is 2. The predicted octanol–water partition coefficient (Wildman–Crippen LogP) is 1.02.